The second-order valence-corrected chi connectivity index (χ2v) is 12.3. The van der Waals surface area contributed by atoms with Gasteiger partial charge in [-0.25, -0.2) is 9.18 Å². The molecule has 1 aliphatic heterocycles. The molecule has 0 spiro atoms. The average molecular weight is 609 g/mol. The molecule has 4 atom stereocenters. The average Bonchev–Trinajstić information content (AvgIpc) is 3.09. The summed E-state index contributed by atoms with van der Waals surface area (Å²) >= 11 is 0. The largest absolute Gasteiger partial charge is 0.389 e. The summed E-state index contributed by atoms with van der Waals surface area (Å²) in [6.45, 7) is 0.488. The van der Waals surface area contributed by atoms with Crippen LogP contribution in [-0.2, 0) is 25.9 Å². The van der Waals surface area contributed by atoms with E-state index in [9.17, 15) is 9.90 Å². The standard InChI is InChI=1S/C41H37FN2O2/c42-37(25-29-11-3-1-4-12-29)39-40(45)38(26-30-13-5-2-6-14-30)43(27-31-19-21-33-15-7-9-17-35(33)23-31)41(46)44(39)28-32-20-22-34-16-8-10-18-36(34)24-32/h1-24,37-40,45H,25-28H2/t37-,38+,39-,40+/m0/s1. The maximum atomic E-state index is 16.7. The highest BCUT2D eigenvalue weighted by Crippen LogP contribution is 2.33. The molecule has 7 rings (SSSR count). The van der Waals surface area contributed by atoms with Crippen molar-refractivity contribution in [3.8, 4) is 0 Å². The van der Waals surface area contributed by atoms with E-state index in [1.165, 1.54) is 0 Å². The first-order valence-electron chi connectivity index (χ1n) is 16.0. The molecule has 6 aromatic rings. The van der Waals surface area contributed by atoms with Crippen molar-refractivity contribution in [3.05, 3.63) is 168 Å². The normalized spacial score (nSPS) is 19.1. The highest BCUT2D eigenvalue weighted by molar-refractivity contribution is 5.84. The van der Waals surface area contributed by atoms with Crippen LogP contribution in [0.1, 0.15) is 22.3 Å². The first kappa shape index (κ1) is 29.7. The van der Waals surface area contributed by atoms with E-state index >= 15 is 4.39 Å². The van der Waals surface area contributed by atoms with E-state index in [-0.39, 0.29) is 19.0 Å². The molecule has 46 heavy (non-hydrogen) atoms. The fourth-order valence-corrected chi connectivity index (χ4v) is 6.91. The number of aliphatic hydroxyl groups excluding tert-OH is 1. The third-order valence-corrected chi connectivity index (χ3v) is 9.26. The van der Waals surface area contributed by atoms with Gasteiger partial charge >= 0.3 is 6.03 Å². The zero-order chi connectivity index (χ0) is 31.5. The van der Waals surface area contributed by atoms with Gasteiger partial charge < -0.3 is 14.9 Å². The van der Waals surface area contributed by atoms with Crippen LogP contribution in [0.15, 0.2) is 146 Å². The molecule has 0 bridgehead atoms. The zero-order valence-electron chi connectivity index (χ0n) is 25.6. The van der Waals surface area contributed by atoms with Gasteiger partial charge in [0, 0.05) is 19.5 Å². The van der Waals surface area contributed by atoms with Crippen LogP contribution in [0, 0.1) is 0 Å². The molecular weight excluding hydrogens is 571 g/mol. The monoisotopic (exact) mass is 608 g/mol. The number of hydrogen-bond donors (Lipinski definition) is 1. The molecule has 2 amide bonds. The lowest BCUT2D eigenvalue weighted by atomic mass is 9.87. The van der Waals surface area contributed by atoms with Crippen molar-refractivity contribution in [2.75, 3.05) is 0 Å². The summed E-state index contributed by atoms with van der Waals surface area (Å²) in [5, 5.41) is 16.6. The van der Waals surface area contributed by atoms with Gasteiger partial charge in [0.1, 0.15) is 6.17 Å². The number of hydrogen-bond acceptors (Lipinski definition) is 2. The third kappa shape index (κ3) is 6.24. The maximum Gasteiger partial charge on any atom is 0.321 e. The predicted molar refractivity (Wildman–Crippen MR) is 183 cm³/mol. The number of urea groups is 1. The van der Waals surface area contributed by atoms with E-state index in [2.05, 4.69) is 36.4 Å². The van der Waals surface area contributed by atoms with Crippen LogP contribution in [0.2, 0.25) is 0 Å². The number of alkyl halides is 1. The topological polar surface area (TPSA) is 43.8 Å². The number of fused-ring (bicyclic) bond motifs is 2. The van der Waals surface area contributed by atoms with E-state index in [1.807, 2.05) is 109 Å². The Bertz CT molecular complexity index is 1950. The molecule has 1 saturated heterocycles. The molecule has 0 unspecified atom stereocenters. The summed E-state index contributed by atoms with van der Waals surface area (Å²) in [5.74, 6) is 0. The molecular formula is C41H37FN2O2. The van der Waals surface area contributed by atoms with Crippen LogP contribution in [0.3, 0.4) is 0 Å². The number of rotatable bonds is 9. The van der Waals surface area contributed by atoms with Crippen LogP contribution in [0.5, 0.6) is 0 Å². The highest BCUT2D eigenvalue weighted by atomic mass is 19.1. The molecule has 4 nitrogen and oxygen atoms in total. The Hall–Kier alpha value is -5.00. The Kier molecular flexibility index (Phi) is 8.49. The summed E-state index contributed by atoms with van der Waals surface area (Å²) in [7, 11) is 0. The number of amides is 2. The Morgan fingerprint density at radius 3 is 1.61 bits per heavy atom. The third-order valence-electron chi connectivity index (χ3n) is 9.26. The van der Waals surface area contributed by atoms with Gasteiger partial charge in [-0.1, -0.05) is 133 Å². The molecule has 1 heterocycles. The minimum atomic E-state index is -1.47. The molecule has 0 saturated carbocycles. The number of carbonyl (C=O) groups excluding carboxylic acids is 1. The zero-order valence-corrected chi connectivity index (χ0v) is 25.6. The maximum absolute atomic E-state index is 16.7. The summed E-state index contributed by atoms with van der Waals surface area (Å²) < 4.78 is 16.7. The molecule has 5 heteroatoms. The lowest BCUT2D eigenvalue weighted by Gasteiger charge is -2.50. The quantitative estimate of drug-likeness (QED) is 0.179. The fourth-order valence-electron chi connectivity index (χ4n) is 6.91. The first-order chi connectivity index (χ1) is 22.5. The van der Waals surface area contributed by atoms with Crippen molar-refractivity contribution < 1.29 is 14.3 Å². The van der Waals surface area contributed by atoms with E-state index < -0.39 is 24.4 Å². The van der Waals surface area contributed by atoms with Gasteiger partial charge in [0.2, 0.25) is 0 Å². The predicted octanol–water partition coefficient (Wildman–Crippen LogP) is 8.35. The number of aliphatic hydroxyl groups is 1. The Balaban J connectivity index is 1.28. The van der Waals surface area contributed by atoms with Crippen LogP contribution >= 0.6 is 0 Å². The molecule has 0 radical (unpaired) electrons. The van der Waals surface area contributed by atoms with E-state index in [4.69, 9.17) is 0 Å². The molecule has 0 aliphatic carbocycles. The summed E-state index contributed by atoms with van der Waals surface area (Å²) in [5.41, 5.74) is 3.67. The second kappa shape index (κ2) is 13.2. The van der Waals surface area contributed by atoms with Crippen LogP contribution in [0.4, 0.5) is 9.18 Å². The lowest BCUT2D eigenvalue weighted by Crippen LogP contribution is -2.68. The van der Waals surface area contributed by atoms with Gasteiger partial charge in [0.05, 0.1) is 18.2 Å². The molecule has 6 aromatic carbocycles. The lowest BCUT2D eigenvalue weighted by molar-refractivity contribution is -0.0670. The minimum Gasteiger partial charge on any atom is -0.389 e. The van der Waals surface area contributed by atoms with Gasteiger partial charge in [-0.15, -0.1) is 0 Å². The van der Waals surface area contributed by atoms with Gasteiger partial charge in [0.15, 0.2) is 0 Å². The Morgan fingerprint density at radius 1 is 0.565 bits per heavy atom. The Labute approximate surface area is 269 Å². The van der Waals surface area contributed by atoms with Crippen molar-refractivity contribution in [1.82, 2.24) is 9.80 Å². The van der Waals surface area contributed by atoms with Crippen molar-refractivity contribution in [1.29, 1.82) is 0 Å². The first-order valence-corrected chi connectivity index (χ1v) is 16.0. The SMILES string of the molecule is O=C1N(Cc2ccc3ccccc3c2)[C@@H]([C@@H](F)Cc2ccccc2)[C@H](O)[C@@H](Cc2ccccc2)N1Cc1ccc2ccccc2c1. The summed E-state index contributed by atoms with van der Waals surface area (Å²) in [6, 6.07) is 45.9. The van der Waals surface area contributed by atoms with E-state index in [0.717, 1.165) is 43.8 Å². The van der Waals surface area contributed by atoms with Crippen molar-refractivity contribution in [3.63, 3.8) is 0 Å². The van der Waals surface area contributed by atoms with E-state index in [0.29, 0.717) is 13.0 Å². The van der Waals surface area contributed by atoms with Gasteiger partial charge in [0.25, 0.3) is 0 Å². The van der Waals surface area contributed by atoms with Crippen molar-refractivity contribution in [2.45, 2.75) is 50.3 Å². The van der Waals surface area contributed by atoms with Crippen molar-refractivity contribution >= 4 is 27.6 Å². The fraction of sp³-hybridized carbons (Fsp3) is 0.195. The summed E-state index contributed by atoms with van der Waals surface area (Å²) in [4.78, 5) is 18.1. The minimum absolute atomic E-state index is 0.104. The smallest absolute Gasteiger partial charge is 0.321 e. The van der Waals surface area contributed by atoms with Gasteiger partial charge in [-0.3, -0.25) is 0 Å². The van der Waals surface area contributed by atoms with Crippen LogP contribution in [-0.4, -0.2) is 45.3 Å². The molecule has 1 aliphatic rings. The molecule has 1 fully saturated rings. The van der Waals surface area contributed by atoms with Crippen LogP contribution in [0.25, 0.3) is 21.5 Å². The Morgan fingerprint density at radius 2 is 1.04 bits per heavy atom. The number of carbonyl (C=O) groups is 1. The highest BCUT2D eigenvalue weighted by Gasteiger charge is 2.49. The van der Waals surface area contributed by atoms with E-state index in [1.54, 1.807) is 9.80 Å². The number of halogens is 1. The van der Waals surface area contributed by atoms with Gasteiger partial charge in [-0.2, -0.15) is 0 Å². The van der Waals surface area contributed by atoms with Crippen LogP contribution < -0.4 is 0 Å². The van der Waals surface area contributed by atoms with Crippen molar-refractivity contribution in [2.24, 2.45) is 0 Å². The van der Waals surface area contributed by atoms with Gasteiger partial charge in [-0.05, 0) is 62.4 Å². The summed E-state index contributed by atoms with van der Waals surface area (Å²) in [6.07, 6.45) is -2.08. The second-order valence-electron chi connectivity index (χ2n) is 12.3. The molecule has 230 valence electrons. The molecule has 0 aromatic heterocycles. The molecule has 1 N–H and O–H groups in total. The number of benzene rings is 6. The number of nitrogens with zero attached hydrogens (tertiary/aromatic N) is 2.